The van der Waals surface area contributed by atoms with Crippen molar-refractivity contribution in [3.05, 3.63) is 12.2 Å². The molecule has 0 nitrogen and oxygen atoms in total. The molecule has 8 heavy (non-hydrogen) atoms. The molecule has 0 bridgehead atoms. The number of allylic oxidation sites excluding steroid dienone is 1. The van der Waals surface area contributed by atoms with Gasteiger partial charge in [0.2, 0.25) is 0 Å². The molecule has 0 atom stereocenters. The molecule has 0 aliphatic rings. The molecule has 0 aromatic heterocycles. The molecule has 4 heteroatoms. The van der Waals surface area contributed by atoms with E-state index >= 15 is 0 Å². The van der Waals surface area contributed by atoms with Crippen molar-refractivity contribution in [1.82, 2.24) is 0 Å². The smallest absolute Gasteiger partial charge is 0.174 e. The summed E-state index contributed by atoms with van der Waals surface area (Å²) in [4.78, 5) is 0. The van der Waals surface area contributed by atoms with E-state index in [1.807, 2.05) is 0 Å². The molecule has 0 aliphatic carbocycles. The average molecular weight is 236 g/mol. The number of rotatable bonds is 2. The molecule has 0 heterocycles. The van der Waals surface area contributed by atoms with Gasteiger partial charge >= 0.3 is 0 Å². The van der Waals surface area contributed by atoms with Crippen molar-refractivity contribution in [2.24, 2.45) is 0 Å². The van der Waals surface area contributed by atoms with Crippen LogP contribution in [0.1, 0.15) is 6.42 Å². The molecule has 0 aromatic rings. The number of halogens is 3. The van der Waals surface area contributed by atoms with E-state index in [0.29, 0.717) is 11.8 Å². The summed E-state index contributed by atoms with van der Waals surface area (Å²) in [5.41, 5.74) is 0. The summed E-state index contributed by atoms with van der Waals surface area (Å²) >= 11 is 3.00. The van der Waals surface area contributed by atoms with Gasteiger partial charge in [0.15, 0.2) is 0 Å². The molecule has 44 valence electrons. The normalized spacial score (nSPS) is 7.38. The van der Waals surface area contributed by atoms with Crippen LogP contribution in [0.5, 0.6) is 0 Å². The molecule has 0 N–H and O–H groups in total. The third-order valence-corrected chi connectivity index (χ3v) is 0.866. The molecular formula is C4H5BrF2Zn. The van der Waals surface area contributed by atoms with Crippen LogP contribution in [0.25, 0.3) is 0 Å². The molecule has 0 fully saturated rings. The van der Waals surface area contributed by atoms with E-state index in [0.717, 1.165) is 6.08 Å². The molecule has 0 amide bonds. The maximum atomic E-state index is 11.1. The second kappa shape index (κ2) is 7.70. The van der Waals surface area contributed by atoms with Crippen molar-refractivity contribution in [1.29, 1.82) is 0 Å². The Balaban J connectivity index is 0. The minimum absolute atomic E-state index is 0. The Labute approximate surface area is 68.2 Å². The summed E-state index contributed by atoms with van der Waals surface area (Å²) in [6.07, 6.45) is -0.309. The van der Waals surface area contributed by atoms with Crippen LogP contribution in [0.4, 0.5) is 8.78 Å². The fraction of sp³-hybridized carbons (Fsp3) is 0.500. The van der Waals surface area contributed by atoms with E-state index < -0.39 is 6.08 Å². The molecule has 0 spiro atoms. The molecule has 0 rings (SSSR count). The van der Waals surface area contributed by atoms with Gasteiger partial charge in [-0.05, 0) is 12.5 Å². The fourth-order valence-corrected chi connectivity index (χ4v) is 0.393. The van der Waals surface area contributed by atoms with E-state index in [2.05, 4.69) is 15.9 Å². The van der Waals surface area contributed by atoms with Crippen LogP contribution < -0.4 is 0 Å². The summed E-state index contributed by atoms with van der Waals surface area (Å²) in [6, 6.07) is 0. The van der Waals surface area contributed by atoms with E-state index in [4.69, 9.17) is 0 Å². The van der Waals surface area contributed by atoms with Crippen LogP contribution in [0, 0.1) is 0 Å². The minimum atomic E-state index is -1.60. The SMILES string of the molecule is FC(F)=CCCBr.[Zn]. The minimum Gasteiger partial charge on any atom is -0.174 e. The van der Waals surface area contributed by atoms with E-state index in [1.165, 1.54) is 0 Å². The molecule has 0 saturated heterocycles. The topological polar surface area (TPSA) is 0 Å². The predicted octanol–water partition coefficient (Wildman–Crippen LogP) is 2.55. The largest absolute Gasteiger partial charge is 0.266 e. The zero-order valence-electron chi connectivity index (χ0n) is 4.33. The maximum Gasteiger partial charge on any atom is 0.266 e. The maximum absolute atomic E-state index is 11.1. The van der Waals surface area contributed by atoms with Crippen molar-refractivity contribution in [3.63, 3.8) is 0 Å². The number of hydrogen-bond donors (Lipinski definition) is 0. The summed E-state index contributed by atoms with van der Waals surface area (Å²) in [6.45, 7) is 0. The quantitative estimate of drug-likeness (QED) is 0.510. The van der Waals surface area contributed by atoms with Crippen LogP contribution >= 0.6 is 15.9 Å². The third-order valence-electron chi connectivity index (χ3n) is 0.408. The van der Waals surface area contributed by atoms with Gasteiger partial charge in [-0.15, -0.1) is 0 Å². The number of alkyl halides is 1. The van der Waals surface area contributed by atoms with Crippen LogP contribution in [0.2, 0.25) is 0 Å². The predicted molar refractivity (Wildman–Crippen MR) is 28.7 cm³/mol. The van der Waals surface area contributed by atoms with Crippen LogP contribution in [-0.2, 0) is 19.5 Å². The second-order valence-electron chi connectivity index (χ2n) is 0.971. The van der Waals surface area contributed by atoms with Crippen molar-refractivity contribution >= 4 is 15.9 Å². The Morgan fingerprint density at radius 2 is 2.00 bits per heavy atom. The van der Waals surface area contributed by atoms with Gasteiger partial charge in [-0.25, -0.2) is 0 Å². The summed E-state index contributed by atoms with van der Waals surface area (Å²) in [5.74, 6) is 0. The van der Waals surface area contributed by atoms with Gasteiger partial charge in [-0.2, -0.15) is 8.78 Å². The van der Waals surface area contributed by atoms with E-state index in [-0.39, 0.29) is 19.5 Å². The first kappa shape index (κ1) is 11.5. The zero-order chi connectivity index (χ0) is 5.70. The van der Waals surface area contributed by atoms with Crippen molar-refractivity contribution in [2.45, 2.75) is 6.42 Å². The van der Waals surface area contributed by atoms with Crippen molar-refractivity contribution < 1.29 is 28.3 Å². The van der Waals surface area contributed by atoms with Crippen LogP contribution in [0.3, 0.4) is 0 Å². The van der Waals surface area contributed by atoms with Crippen molar-refractivity contribution in [3.8, 4) is 0 Å². The summed E-state index contributed by atoms with van der Waals surface area (Å²) in [5, 5.41) is 0.602. The summed E-state index contributed by atoms with van der Waals surface area (Å²) < 4.78 is 22.1. The molecule has 0 unspecified atom stereocenters. The fourth-order valence-electron chi connectivity index (χ4n) is 0.164. The molecule has 0 aromatic carbocycles. The van der Waals surface area contributed by atoms with Gasteiger partial charge < -0.3 is 0 Å². The zero-order valence-corrected chi connectivity index (χ0v) is 8.89. The van der Waals surface area contributed by atoms with Gasteiger partial charge in [-0.3, -0.25) is 0 Å². The standard InChI is InChI=1S/C4H5BrF2.Zn/c5-3-1-2-4(6)7;/h2H,1,3H2;. The molecule has 0 radical (unpaired) electrons. The van der Waals surface area contributed by atoms with Gasteiger partial charge in [-0.1, -0.05) is 15.9 Å². The van der Waals surface area contributed by atoms with Gasteiger partial charge in [0.05, 0.1) is 0 Å². The first-order chi connectivity index (χ1) is 3.27. The Morgan fingerprint density at radius 3 is 2.12 bits per heavy atom. The van der Waals surface area contributed by atoms with Crippen LogP contribution in [0.15, 0.2) is 12.2 Å². The summed E-state index contributed by atoms with van der Waals surface area (Å²) in [7, 11) is 0. The number of hydrogen-bond acceptors (Lipinski definition) is 0. The third kappa shape index (κ3) is 9.86. The van der Waals surface area contributed by atoms with E-state index in [1.54, 1.807) is 0 Å². The molecule has 0 saturated carbocycles. The Kier molecular flexibility index (Phi) is 11.1. The molecular weight excluding hydrogens is 231 g/mol. The monoisotopic (exact) mass is 234 g/mol. The van der Waals surface area contributed by atoms with Gasteiger partial charge in [0, 0.05) is 24.8 Å². The first-order valence-corrected chi connectivity index (χ1v) is 2.96. The van der Waals surface area contributed by atoms with Crippen molar-refractivity contribution in [2.75, 3.05) is 5.33 Å². The second-order valence-corrected chi connectivity index (χ2v) is 1.76. The van der Waals surface area contributed by atoms with Gasteiger partial charge in [0.25, 0.3) is 6.08 Å². The Hall–Kier alpha value is 0.703. The average Bonchev–Trinajstić information content (AvgIpc) is 1.61. The Bertz CT molecular complexity index is 70.4. The molecule has 0 aliphatic heterocycles. The Morgan fingerprint density at radius 1 is 1.50 bits per heavy atom. The first-order valence-electron chi connectivity index (χ1n) is 1.84. The van der Waals surface area contributed by atoms with Gasteiger partial charge in [0.1, 0.15) is 0 Å². The van der Waals surface area contributed by atoms with E-state index in [9.17, 15) is 8.78 Å². The van der Waals surface area contributed by atoms with Crippen LogP contribution in [-0.4, -0.2) is 5.33 Å².